The highest BCUT2D eigenvalue weighted by Crippen LogP contribution is 2.10. The Morgan fingerprint density at radius 1 is 1.03 bits per heavy atom. The van der Waals surface area contributed by atoms with E-state index >= 15 is 0 Å². The van der Waals surface area contributed by atoms with Gasteiger partial charge in [-0.2, -0.15) is 0 Å². The van der Waals surface area contributed by atoms with E-state index in [0.29, 0.717) is 44.9 Å². The van der Waals surface area contributed by atoms with Crippen LogP contribution in [0.25, 0.3) is 0 Å². The molecule has 1 saturated heterocycles. The molecule has 0 atom stereocenters. The zero-order valence-corrected chi connectivity index (χ0v) is 19.4. The minimum absolute atomic E-state index is 0.208. The molecule has 0 aromatic carbocycles. The van der Waals surface area contributed by atoms with Crippen LogP contribution in [0.4, 0.5) is 0 Å². The number of carbonyl (C=O) groups is 2. The van der Waals surface area contributed by atoms with Crippen LogP contribution in [0.15, 0.2) is 27.8 Å². The van der Waals surface area contributed by atoms with Crippen LogP contribution < -0.4 is 10.6 Å². The van der Waals surface area contributed by atoms with E-state index in [9.17, 15) is 9.59 Å². The molecule has 1 aromatic heterocycles. The van der Waals surface area contributed by atoms with E-state index < -0.39 is 0 Å². The molecule has 0 radical (unpaired) electrons. The van der Waals surface area contributed by atoms with Crippen LogP contribution in [0.5, 0.6) is 0 Å². The van der Waals surface area contributed by atoms with Gasteiger partial charge in [-0.1, -0.05) is 20.3 Å². The molecular formula is C23H39N5O3. The molecule has 8 nitrogen and oxygen atoms in total. The first kappa shape index (κ1) is 24.8. The first-order valence-electron chi connectivity index (χ1n) is 11.5. The van der Waals surface area contributed by atoms with Crippen LogP contribution in [-0.2, 0) is 16.0 Å². The predicted molar refractivity (Wildman–Crippen MR) is 123 cm³/mol. The fourth-order valence-electron chi connectivity index (χ4n) is 3.61. The Kier molecular flexibility index (Phi) is 11.0. The first-order valence-corrected chi connectivity index (χ1v) is 11.5. The van der Waals surface area contributed by atoms with E-state index in [2.05, 4.69) is 29.5 Å². The summed E-state index contributed by atoms with van der Waals surface area (Å²) in [5.74, 6) is 2.53. The monoisotopic (exact) mass is 433 g/mol. The Labute approximate surface area is 186 Å². The lowest BCUT2D eigenvalue weighted by atomic mass is 10.1. The van der Waals surface area contributed by atoms with Gasteiger partial charge >= 0.3 is 0 Å². The number of amides is 2. The summed E-state index contributed by atoms with van der Waals surface area (Å²) in [5.41, 5.74) is 0. The minimum atomic E-state index is 0.208. The van der Waals surface area contributed by atoms with Gasteiger partial charge in [0, 0.05) is 65.6 Å². The molecule has 2 N–H and O–H groups in total. The molecule has 1 fully saturated rings. The van der Waals surface area contributed by atoms with E-state index in [0.717, 1.165) is 50.5 Å². The predicted octanol–water partition coefficient (Wildman–Crippen LogP) is 2.26. The molecule has 174 valence electrons. The van der Waals surface area contributed by atoms with Crippen molar-refractivity contribution in [3.05, 3.63) is 24.2 Å². The molecular weight excluding hydrogens is 394 g/mol. The summed E-state index contributed by atoms with van der Waals surface area (Å²) in [6.45, 7) is 8.34. The van der Waals surface area contributed by atoms with Crippen molar-refractivity contribution >= 4 is 17.8 Å². The third-order valence-electron chi connectivity index (χ3n) is 5.40. The molecule has 2 amide bonds. The highest BCUT2D eigenvalue weighted by Gasteiger charge is 2.23. The maximum atomic E-state index is 12.4. The number of nitrogens with zero attached hydrogens (tertiary/aromatic N) is 3. The Balaban J connectivity index is 1.50. The fraction of sp³-hybridized carbons (Fsp3) is 0.696. The lowest BCUT2D eigenvalue weighted by Gasteiger charge is -2.35. The number of furan rings is 1. The van der Waals surface area contributed by atoms with Gasteiger partial charge in [-0.3, -0.25) is 14.6 Å². The van der Waals surface area contributed by atoms with Gasteiger partial charge in [-0.25, -0.2) is 0 Å². The van der Waals surface area contributed by atoms with Crippen LogP contribution >= 0.6 is 0 Å². The number of guanidine groups is 1. The zero-order valence-electron chi connectivity index (χ0n) is 19.4. The molecule has 2 rings (SSSR count). The van der Waals surface area contributed by atoms with Crippen LogP contribution in [-0.4, -0.2) is 73.9 Å². The number of unbranched alkanes of at least 4 members (excludes halogenated alkanes) is 2. The SMILES string of the molecule is CN=C(NCCCCCC(=O)N1CCN(C(=O)CC(C)C)CC1)NCCc1ccco1. The smallest absolute Gasteiger partial charge is 0.222 e. The molecule has 0 saturated carbocycles. The second kappa shape index (κ2) is 13.7. The molecule has 1 aromatic rings. The van der Waals surface area contributed by atoms with Crippen molar-refractivity contribution < 1.29 is 14.0 Å². The quantitative estimate of drug-likeness (QED) is 0.317. The number of hydrogen-bond donors (Lipinski definition) is 2. The summed E-state index contributed by atoms with van der Waals surface area (Å²) in [4.78, 5) is 32.6. The summed E-state index contributed by atoms with van der Waals surface area (Å²) in [7, 11) is 1.76. The maximum Gasteiger partial charge on any atom is 0.222 e. The van der Waals surface area contributed by atoms with Gasteiger partial charge in [0.05, 0.1) is 6.26 Å². The van der Waals surface area contributed by atoms with Gasteiger partial charge in [0.15, 0.2) is 5.96 Å². The molecule has 8 heteroatoms. The summed E-state index contributed by atoms with van der Waals surface area (Å²) < 4.78 is 5.32. The van der Waals surface area contributed by atoms with Gasteiger partial charge in [-0.15, -0.1) is 0 Å². The Bertz CT molecular complexity index is 679. The highest BCUT2D eigenvalue weighted by atomic mass is 16.3. The number of rotatable bonds is 11. The van der Waals surface area contributed by atoms with Gasteiger partial charge in [0.25, 0.3) is 0 Å². The fourth-order valence-corrected chi connectivity index (χ4v) is 3.61. The van der Waals surface area contributed by atoms with Crippen molar-refractivity contribution in [2.45, 2.75) is 52.4 Å². The zero-order chi connectivity index (χ0) is 22.5. The second-order valence-electron chi connectivity index (χ2n) is 8.43. The lowest BCUT2D eigenvalue weighted by molar-refractivity contribution is -0.140. The minimum Gasteiger partial charge on any atom is -0.469 e. The van der Waals surface area contributed by atoms with Crippen molar-refractivity contribution in [3.63, 3.8) is 0 Å². The average molecular weight is 434 g/mol. The summed E-state index contributed by atoms with van der Waals surface area (Å²) in [6.07, 6.45) is 6.54. The summed E-state index contributed by atoms with van der Waals surface area (Å²) >= 11 is 0. The van der Waals surface area contributed by atoms with Gasteiger partial charge in [0.1, 0.15) is 5.76 Å². The first-order chi connectivity index (χ1) is 15.0. The van der Waals surface area contributed by atoms with Crippen molar-refractivity contribution in [2.24, 2.45) is 10.9 Å². The molecule has 0 bridgehead atoms. The van der Waals surface area contributed by atoms with E-state index in [-0.39, 0.29) is 11.8 Å². The van der Waals surface area contributed by atoms with E-state index in [1.54, 1.807) is 13.3 Å². The normalized spacial score (nSPS) is 14.8. The van der Waals surface area contributed by atoms with Crippen LogP contribution in [0.2, 0.25) is 0 Å². The number of carbonyl (C=O) groups excluding carboxylic acids is 2. The lowest BCUT2D eigenvalue weighted by Crippen LogP contribution is -2.50. The number of hydrogen-bond acceptors (Lipinski definition) is 4. The van der Waals surface area contributed by atoms with Crippen LogP contribution in [0, 0.1) is 5.92 Å². The van der Waals surface area contributed by atoms with E-state index in [1.807, 2.05) is 21.9 Å². The van der Waals surface area contributed by atoms with Crippen LogP contribution in [0.3, 0.4) is 0 Å². The summed E-state index contributed by atoms with van der Waals surface area (Å²) in [6, 6.07) is 3.85. The molecule has 0 unspecified atom stereocenters. The molecule has 2 heterocycles. The molecule has 0 spiro atoms. The second-order valence-corrected chi connectivity index (χ2v) is 8.43. The van der Waals surface area contributed by atoms with Gasteiger partial charge in [0.2, 0.25) is 11.8 Å². The summed E-state index contributed by atoms with van der Waals surface area (Å²) in [5, 5.41) is 6.58. The molecule has 31 heavy (non-hydrogen) atoms. The third kappa shape index (κ3) is 9.44. The molecule has 1 aliphatic rings. The Morgan fingerprint density at radius 3 is 2.32 bits per heavy atom. The number of nitrogens with one attached hydrogen (secondary N) is 2. The van der Waals surface area contributed by atoms with Crippen LogP contribution in [0.1, 0.15) is 51.7 Å². The number of piperazine rings is 1. The molecule has 1 aliphatic heterocycles. The van der Waals surface area contributed by atoms with E-state index in [1.165, 1.54) is 0 Å². The van der Waals surface area contributed by atoms with Crippen molar-refractivity contribution in [1.29, 1.82) is 0 Å². The maximum absolute atomic E-state index is 12.4. The highest BCUT2D eigenvalue weighted by molar-refractivity contribution is 5.79. The van der Waals surface area contributed by atoms with Crippen molar-refractivity contribution in [1.82, 2.24) is 20.4 Å². The largest absolute Gasteiger partial charge is 0.469 e. The standard InChI is InChI=1S/C23H39N5O3/c1-19(2)18-22(30)28-15-13-27(14-16-28)21(29)9-5-4-6-11-25-23(24-3)26-12-10-20-8-7-17-31-20/h7-8,17,19H,4-6,9-16,18H2,1-3H3,(H2,24,25,26). The van der Waals surface area contributed by atoms with Gasteiger partial charge < -0.3 is 24.9 Å². The van der Waals surface area contributed by atoms with E-state index in [4.69, 9.17) is 4.42 Å². The van der Waals surface area contributed by atoms with Crippen molar-refractivity contribution in [2.75, 3.05) is 46.3 Å². The Morgan fingerprint density at radius 2 is 1.71 bits per heavy atom. The topological polar surface area (TPSA) is 90.2 Å². The third-order valence-corrected chi connectivity index (χ3v) is 5.40. The average Bonchev–Trinajstić information content (AvgIpc) is 3.27. The number of aliphatic imine (C=N–C) groups is 1. The van der Waals surface area contributed by atoms with Gasteiger partial charge in [-0.05, 0) is 30.9 Å². The molecule has 0 aliphatic carbocycles. The Hall–Kier alpha value is -2.51. The van der Waals surface area contributed by atoms with Crippen molar-refractivity contribution in [3.8, 4) is 0 Å².